The highest BCUT2D eigenvalue weighted by atomic mass is 32.1. The first-order valence-corrected chi connectivity index (χ1v) is 6.12. The van der Waals surface area contributed by atoms with Crippen LogP contribution in [0, 0.1) is 5.82 Å². The second-order valence-electron chi connectivity index (χ2n) is 3.98. The van der Waals surface area contributed by atoms with Crippen molar-refractivity contribution in [1.29, 1.82) is 0 Å². The average molecular weight is 251 g/mol. The highest BCUT2D eigenvalue weighted by Gasteiger charge is 2.22. The number of benzene rings is 1. The van der Waals surface area contributed by atoms with Gasteiger partial charge in [-0.15, -0.1) is 0 Å². The van der Waals surface area contributed by atoms with Crippen molar-refractivity contribution in [2.24, 2.45) is 0 Å². The quantitative estimate of drug-likeness (QED) is 0.854. The molecule has 1 unspecified atom stereocenters. The summed E-state index contributed by atoms with van der Waals surface area (Å²) in [7, 11) is 0. The number of halogens is 1. The molecule has 2 aromatic rings. The molecule has 88 valence electrons. The largest absolute Gasteiger partial charge is 0.356 e. The number of carbonyl (C=O) groups is 1. The van der Waals surface area contributed by atoms with Crippen molar-refractivity contribution in [1.82, 2.24) is 10.3 Å². The lowest BCUT2D eigenvalue weighted by Crippen LogP contribution is -2.22. The maximum absolute atomic E-state index is 13.0. The van der Waals surface area contributed by atoms with Gasteiger partial charge in [0.1, 0.15) is 5.82 Å². The Morgan fingerprint density at radius 2 is 2.41 bits per heavy atom. The molecule has 1 saturated heterocycles. The van der Waals surface area contributed by atoms with E-state index in [0.29, 0.717) is 13.0 Å². The number of hydrogen-bond acceptors (Lipinski definition) is 4. The number of amides is 1. The minimum absolute atomic E-state index is 0.0506. The Kier molecular flexibility index (Phi) is 2.44. The first kappa shape index (κ1) is 10.5. The van der Waals surface area contributed by atoms with Crippen LogP contribution in [0.2, 0.25) is 0 Å². The number of carbonyl (C=O) groups excluding carboxylic acids is 1. The number of nitrogens with zero attached hydrogens (tertiary/aromatic N) is 1. The Balaban J connectivity index is 1.83. The molecule has 1 aromatic heterocycles. The smallest absolute Gasteiger partial charge is 0.222 e. The SMILES string of the molecule is O=C1CC(Nc2nc3ccc(F)cc3s2)CN1. The van der Waals surface area contributed by atoms with Crippen LogP contribution < -0.4 is 10.6 Å². The van der Waals surface area contributed by atoms with E-state index in [1.54, 1.807) is 6.07 Å². The Morgan fingerprint density at radius 1 is 1.53 bits per heavy atom. The Hall–Kier alpha value is -1.69. The minimum Gasteiger partial charge on any atom is -0.356 e. The fourth-order valence-electron chi connectivity index (χ4n) is 1.84. The molecule has 1 aliphatic rings. The van der Waals surface area contributed by atoms with E-state index in [0.717, 1.165) is 15.3 Å². The highest BCUT2D eigenvalue weighted by molar-refractivity contribution is 7.22. The van der Waals surface area contributed by atoms with Crippen LogP contribution in [0.5, 0.6) is 0 Å². The zero-order valence-electron chi connectivity index (χ0n) is 8.87. The zero-order chi connectivity index (χ0) is 11.8. The third kappa shape index (κ3) is 2.08. The summed E-state index contributed by atoms with van der Waals surface area (Å²) in [5.41, 5.74) is 0.774. The molecular weight excluding hydrogens is 241 g/mol. The Morgan fingerprint density at radius 3 is 3.18 bits per heavy atom. The summed E-state index contributed by atoms with van der Waals surface area (Å²) in [6, 6.07) is 4.60. The van der Waals surface area contributed by atoms with E-state index in [1.807, 2.05) is 0 Å². The van der Waals surface area contributed by atoms with Crippen molar-refractivity contribution in [3.05, 3.63) is 24.0 Å². The van der Waals surface area contributed by atoms with Crippen LogP contribution in [0.15, 0.2) is 18.2 Å². The second kappa shape index (κ2) is 3.96. The van der Waals surface area contributed by atoms with Gasteiger partial charge in [0.05, 0.1) is 16.3 Å². The summed E-state index contributed by atoms with van der Waals surface area (Å²) < 4.78 is 13.8. The van der Waals surface area contributed by atoms with Crippen molar-refractivity contribution in [3.63, 3.8) is 0 Å². The average Bonchev–Trinajstić information content (AvgIpc) is 2.84. The monoisotopic (exact) mass is 251 g/mol. The molecule has 1 aliphatic heterocycles. The molecule has 1 fully saturated rings. The number of thiazole rings is 1. The van der Waals surface area contributed by atoms with Gasteiger partial charge < -0.3 is 10.6 Å². The van der Waals surface area contributed by atoms with E-state index < -0.39 is 0 Å². The first-order chi connectivity index (χ1) is 8.20. The van der Waals surface area contributed by atoms with Gasteiger partial charge >= 0.3 is 0 Å². The van der Waals surface area contributed by atoms with Crippen molar-refractivity contribution in [3.8, 4) is 0 Å². The lowest BCUT2D eigenvalue weighted by molar-refractivity contribution is -0.119. The molecule has 2 heterocycles. The number of rotatable bonds is 2. The molecule has 6 heteroatoms. The molecule has 0 radical (unpaired) electrons. The molecule has 1 aromatic carbocycles. The van der Waals surface area contributed by atoms with Gasteiger partial charge in [-0.25, -0.2) is 9.37 Å². The van der Waals surface area contributed by atoms with Crippen LogP contribution in [0.25, 0.3) is 10.2 Å². The van der Waals surface area contributed by atoms with Crippen LogP contribution in [0.1, 0.15) is 6.42 Å². The molecule has 17 heavy (non-hydrogen) atoms. The summed E-state index contributed by atoms with van der Waals surface area (Å²) in [4.78, 5) is 15.4. The molecule has 2 N–H and O–H groups in total. The topological polar surface area (TPSA) is 54.0 Å². The van der Waals surface area contributed by atoms with E-state index >= 15 is 0 Å². The van der Waals surface area contributed by atoms with Crippen molar-refractivity contribution >= 4 is 32.6 Å². The molecule has 1 atom stereocenters. The fourth-order valence-corrected chi connectivity index (χ4v) is 2.81. The summed E-state index contributed by atoms with van der Waals surface area (Å²) in [6.45, 7) is 0.614. The van der Waals surface area contributed by atoms with Crippen molar-refractivity contribution in [2.75, 3.05) is 11.9 Å². The summed E-state index contributed by atoms with van der Waals surface area (Å²) in [5.74, 6) is -0.208. The second-order valence-corrected chi connectivity index (χ2v) is 5.01. The number of anilines is 1. The van der Waals surface area contributed by atoms with E-state index in [1.165, 1.54) is 23.5 Å². The number of hydrogen-bond donors (Lipinski definition) is 2. The maximum Gasteiger partial charge on any atom is 0.222 e. The number of nitrogens with one attached hydrogen (secondary N) is 2. The molecule has 4 nitrogen and oxygen atoms in total. The van der Waals surface area contributed by atoms with E-state index in [4.69, 9.17) is 0 Å². The van der Waals surface area contributed by atoms with Crippen molar-refractivity contribution < 1.29 is 9.18 Å². The van der Waals surface area contributed by atoms with E-state index in [2.05, 4.69) is 15.6 Å². The molecule has 3 rings (SSSR count). The van der Waals surface area contributed by atoms with Gasteiger partial charge in [0, 0.05) is 13.0 Å². The fraction of sp³-hybridized carbons (Fsp3) is 0.273. The van der Waals surface area contributed by atoms with Crippen LogP contribution in [0.4, 0.5) is 9.52 Å². The minimum atomic E-state index is -0.259. The van der Waals surface area contributed by atoms with Gasteiger partial charge in [0.25, 0.3) is 0 Å². The standard InChI is InChI=1S/C11H10FN3OS/c12-6-1-2-8-9(3-6)17-11(15-8)14-7-4-10(16)13-5-7/h1-3,7H,4-5H2,(H,13,16)(H,14,15). The summed E-state index contributed by atoms with van der Waals surface area (Å²) >= 11 is 1.40. The van der Waals surface area contributed by atoms with Gasteiger partial charge in [-0.05, 0) is 18.2 Å². The lowest BCUT2D eigenvalue weighted by Gasteiger charge is -2.07. The van der Waals surface area contributed by atoms with Gasteiger partial charge in [-0.2, -0.15) is 0 Å². The van der Waals surface area contributed by atoms with Crippen LogP contribution >= 0.6 is 11.3 Å². The molecule has 0 saturated carbocycles. The van der Waals surface area contributed by atoms with Crippen molar-refractivity contribution in [2.45, 2.75) is 12.5 Å². The molecular formula is C11H10FN3OS. The normalized spacial score (nSPS) is 19.6. The van der Waals surface area contributed by atoms with Crippen LogP contribution in [0.3, 0.4) is 0 Å². The predicted octanol–water partition coefficient (Wildman–Crippen LogP) is 1.74. The van der Waals surface area contributed by atoms with Gasteiger partial charge in [0.15, 0.2) is 5.13 Å². The molecule has 1 amide bonds. The Bertz CT molecular complexity index is 583. The molecule has 0 bridgehead atoms. The van der Waals surface area contributed by atoms with E-state index in [-0.39, 0.29) is 17.8 Å². The first-order valence-electron chi connectivity index (χ1n) is 5.30. The van der Waals surface area contributed by atoms with Crippen LogP contribution in [-0.4, -0.2) is 23.5 Å². The van der Waals surface area contributed by atoms with Gasteiger partial charge in [-0.1, -0.05) is 11.3 Å². The van der Waals surface area contributed by atoms with Gasteiger partial charge in [0.2, 0.25) is 5.91 Å². The summed E-state index contributed by atoms with van der Waals surface area (Å²) in [5, 5.41) is 6.66. The Labute approximate surface area is 101 Å². The van der Waals surface area contributed by atoms with E-state index in [9.17, 15) is 9.18 Å². The predicted molar refractivity (Wildman–Crippen MR) is 64.6 cm³/mol. The maximum atomic E-state index is 13.0. The number of fused-ring (bicyclic) bond motifs is 1. The highest BCUT2D eigenvalue weighted by Crippen LogP contribution is 2.27. The van der Waals surface area contributed by atoms with Crippen LogP contribution in [-0.2, 0) is 4.79 Å². The summed E-state index contributed by atoms with van der Waals surface area (Å²) in [6.07, 6.45) is 0.463. The molecule has 0 aliphatic carbocycles. The third-order valence-electron chi connectivity index (χ3n) is 2.66. The number of aromatic nitrogens is 1. The van der Waals surface area contributed by atoms with Gasteiger partial charge in [-0.3, -0.25) is 4.79 Å². The third-order valence-corrected chi connectivity index (χ3v) is 3.60. The molecule has 0 spiro atoms. The zero-order valence-corrected chi connectivity index (χ0v) is 9.68. The lowest BCUT2D eigenvalue weighted by atomic mass is 10.3.